The van der Waals surface area contributed by atoms with E-state index in [-0.39, 0.29) is 17.9 Å². The number of nitrogens with zero attached hydrogens (tertiary/aromatic N) is 2. The fraction of sp³-hybridized carbons (Fsp3) is 0.765. The molecule has 0 spiro atoms. The van der Waals surface area contributed by atoms with Crippen molar-refractivity contribution < 1.29 is 4.79 Å². The van der Waals surface area contributed by atoms with Gasteiger partial charge in [-0.1, -0.05) is 13.8 Å². The molecule has 1 atom stereocenters. The maximum absolute atomic E-state index is 12.6. The molecule has 2 heterocycles. The summed E-state index contributed by atoms with van der Waals surface area (Å²) in [5, 5.41) is 10.5. The summed E-state index contributed by atoms with van der Waals surface area (Å²) in [4.78, 5) is 15.1. The average Bonchev–Trinajstić information content (AvgIpc) is 2.97. The Morgan fingerprint density at radius 2 is 2.18 bits per heavy atom. The van der Waals surface area contributed by atoms with Crippen molar-refractivity contribution in [1.29, 1.82) is 0 Å². The monoisotopic (exact) mass is 304 g/mol. The van der Waals surface area contributed by atoms with Gasteiger partial charge in [-0.2, -0.15) is 5.10 Å². The van der Waals surface area contributed by atoms with Gasteiger partial charge in [0.15, 0.2) is 0 Å². The summed E-state index contributed by atoms with van der Waals surface area (Å²) in [7, 11) is 0. The number of hydrogen-bond acceptors (Lipinski definition) is 3. The van der Waals surface area contributed by atoms with E-state index in [1.54, 1.807) is 0 Å². The number of aromatic nitrogens is 2. The minimum absolute atomic E-state index is 0.132. The number of carbonyl (C=O) groups excluding carboxylic acids is 1. The van der Waals surface area contributed by atoms with E-state index in [1.807, 2.05) is 6.20 Å². The van der Waals surface area contributed by atoms with Gasteiger partial charge < -0.3 is 10.2 Å². The average molecular weight is 304 g/mol. The lowest BCUT2D eigenvalue weighted by Crippen LogP contribution is -2.43. The van der Waals surface area contributed by atoms with E-state index in [9.17, 15) is 4.79 Å². The molecule has 22 heavy (non-hydrogen) atoms. The van der Waals surface area contributed by atoms with Crippen molar-refractivity contribution in [3.63, 3.8) is 0 Å². The van der Waals surface area contributed by atoms with Gasteiger partial charge in [-0.25, -0.2) is 0 Å². The van der Waals surface area contributed by atoms with E-state index >= 15 is 0 Å². The lowest BCUT2D eigenvalue weighted by molar-refractivity contribution is -0.127. The van der Waals surface area contributed by atoms with Gasteiger partial charge in [-0.3, -0.25) is 9.89 Å². The van der Waals surface area contributed by atoms with Crippen LogP contribution in [0.5, 0.6) is 0 Å². The number of fused-ring (bicyclic) bond motifs is 1. The van der Waals surface area contributed by atoms with Crippen LogP contribution in [0, 0.1) is 11.8 Å². The molecule has 1 aromatic rings. The van der Waals surface area contributed by atoms with Crippen LogP contribution >= 0.6 is 0 Å². The minimum Gasteiger partial charge on any atom is -0.347 e. The Balaban J connectivity index is 1.52. The van der Waals surface area contributed by atoms with Crippen molar-refractivity contribution in [1.82, 2.24) is 20.4 Å². The molecule has 1 aromatic heterocycles. The molecule has 122 valence electrons. The van der Waals surface area contributed by atoms with Crippen LogP contribution in [-0.4, -0.2) is 40.6 Å². The molecular weight excluding hydrogens is 276 g/mol. The predicted molar refractivity (Wildman–Crippen MR) is 86.4 cm³/mol. The van der Waals surface area contributed by atoms with Gasteiger partial charge in [0.05, 0.1) is 17.9 Å². The summed E-state index contributed by atoms with van der Waals surface area (Å²) in [6, 6.07) is 0.132. The molecule has 3 rings (SSSR count). The molecule has 1 amide bonds. The SMILES string of the molecule is CC(C)CN1CCC(C(=O)NC2CCCc3cn[nH]c32)CC1. The van der Waals surface area contributed by atoms with Gasteiger partial charge in [-0.15, -0.1) is 0 Å². The van der Waals surface area contributed by atoms with Crippen molar-refractivity contribution in [3.05, 3.63) is 17.5 Å². The molecule has 1 aliphatic heterocycles. The van der Waals surface area contributed by atoms with Gasteiger partial charge in [0.25, 0.3) is 0 Å². The Morgan fingerprint density at radius 3 is 2.91 bits per heavy atom. The molecule has 0 bridgehead atoms. The van der Waals surface area contributed by atoms with E-state index in [2.05, 4.69) is 34.3 Å². The number of piperidine rings is 1. The molecule has 1 fully saturated rings. The number of aromatic amines is 1. The van der Waals surface area contributed by atoms with Gasteiger partial charge in [0.1, 0.15) is 0 Å². The molecule has 0 radical (unpaired) electrons. The number of carbonyl (C=O) groups is 1. The smallest absolute Gasteiger partial charge is 0.223 e. The third kappa shape index (κ3) is 3.51. The van der Waals surface area contributed by atoms with Crippen LogP contribution in [0.2, 0.25) is 0 Å². The fourth-order valence-corrected chi connectivity index (χ4v) is 3.79. The maximum atomic E-state index is 12.6. The largest absolute Gasteiger partial charge is 0.347 e. The third-order valence-corrected chi connectivity index (χ3v) is 4.94. The molecular formula is C17H28N4O. The maximum Gasteiger partial charge on any atom is 0.223 e. The number of amides is 1. The van der Waals surface area contributed by atoms with Crippen LogP contribution in [0.15, 0.2) is 6.20 Å². The first-order valence-electron chi connectivity index (χ1n) is 8.68. The summed E-state index contributed by atoms with van der Waals surface area (Å²) in [5.41, 5.74) is 2.39. The molecule has 2 aliphatic rings. The van der Waals surface area contributed by atoms with Crippen molar-refractivity contribution in [2.45, 2.75) is 52.0 Å². The summed E-state index contributed by atoms with van der Waals surface area (Å²) in [6.07, 6.45) is 7.10. The zero-order chi connectivity index (χ0) is 15.5. The van der Waals surface area contributed by atoms with E-state index in [4.69, 9.17) is 0 Å². The summed E-state index contributed by atoms with van der Waals surface area (Å²) in [6.45, 7) is 7.76. The second-order valence-corrected chi connectivity index (χ2v) is 7.23. The Morgan fingerprint density at radius 1 is 1.41 bits per heavy atom. The molecule has 1 saturated heterocycles. The van der Waals surface area contributed by atoms with Crippen molar-refractivity contribution in [3.8, 4) is 0 Å². The summed E-state index contributed by atoms with van der Waals surface area (Å²) in [5.74, 6) is 1.11. The molecule has 1 aliphatic carbocycles. The topological polar surface area (TPSA) is 61.0 Å². The summed E-state index contributed by atoms with van der Waals surface area (Å²) >= 11 is 0. The molecule has 1 unspecified atom stereocenters. The number of hydrogen-bond donors (Lipinski definition) is 2. The van der Waals surface area contributed by atoms with Crippen LogP contribution < -0.4 is 5.32 Å². The number of rotatable bonds is 4. The normalized spacial score (nSPS) is 23.5. The van der Waals surface area contributed by atoms with Crippen molar-refractivity contribution in [2.75, 3.05) is 19.6 Å². The van der Waals surface area contributed by atoms with Gasteiger partial charge in [0.2, 0.25) is 5.91 Å². The molecule has 5 heteroatoms. The van der Waals surface area contributed by atoms with Crippen LogP contribution in [-0.2, 0) is 11.2 Å². The lowest BCUT2D eigenvalue weighted by Gasteiger charge is -2.33. The Hall–Kier alpha value is -1.36. The van der Waals surface area contributed by atoms with Crippen LogP contribution in [0.1, 0.15) is 56.8 Å². The van der Waals surface area contributed by atoms with E-state index < -0.39 is 0 Å². The summed E-state index contributed by atoms with van der Waals surface area (Å²) < 4.78 is 0. The zero-order valence-electron chi connectivity index (χ0n) is 13.8. The molecule has 2 N–H and O–H groups in total. The highest BCUT2D eigenvalue weighted by molar-refractivity contribution is 5.79. The molecule has 0 aromatic carbocycles. The first-order chi connectivity index (χ1) is 10.6. The van der Waals surface area contributed by atoms with Gasteiger partial charge in [-0.05, 0) is 56.7 Å². The highest BCUT2D eigenvalue weighted by Gasteiger charge is 2.29. The Kier molecular flexibility index (Phi) is 4.81. The van der Waals surface area contributed by atoms with Crippen molar-refractivity contribution >= 4 is 5.91 Å². The van der Waals surface area contributed by atoms with E-state index in [1.165, 1.54) is 5.56 Å². The van der Waals surface area contributed by atoms with Crippen LogP contribution in [0.3, 0.4) is 0 Å². The molecule has 5 nitrogen and oxygen atoms in total. The highest BCUT2D eigenvalue weighted by Crippen LogP contribution is 2.28. The number of H-pyrrole nitrogens is 1. The number of likely N-dealkylation sites (tertiary alicyclic amines) is 1. The van der Waals surface area contributed by atoms with Gasteiger partial charge >= 0.3 is 0 Å². The van der Waals surface area contributed by atoms with Crippen LogP contribution in [0.4, 0.5) is 0 Å². The number of aryl methyl sites for hydroxylation is 1. The van der Waals surface area contributed by atoms with Gasteiger partial charge in [0, 0.05) is 12.5 Å². The zero-order valence-corrected chi connectivity index (χ0v) is 13.8. The highest BCUT2D eigenvalue weighted by atomic mass is 16.2. The van der Waals surface area contributed by atoms with E-state index in [0.717, 1.165) is 57.4 Å². The standard InChI is InChI=1S/C17H28N4O/c1-12(2)11-21-8-6-13(7-9-21)17(22)19-15-5-3-4-14-10-18-20-16(14)15/h10,12-13,15H,3-9,11H2,1-2H3,(H,18,20)(H,19,22). The quantitative estimate of drug-likeness (QED) is 0.897. The lowest BCUT2D eigenvalue weighted by atomic mass is 9.91. The first kappa shape index (κ1) is 15.5. The van der Waals surface area contributed by atoms with E-state index in [0.29, 0.717) is 5.92 Å². The Bertz CT molecular complexity index is 503. The second-order valence-electron chi connectivity index (χ2n) is 7.23. The predicted octanol–water partition coefficient (Wildman–Crippen LogP) is 2.27. The van der Waals surface area contributed by atoms with Crippen LogP contribution in [0.25, 0.3) is 0 Å². The fourth-order valence-electron chi connectivity index (χ4n) is 3.79. The Labute approximate surface area is 132 Å². The molecule has 0 saturated carbocycles. The second kappa shape index (κ2) is 6.82. The first-order valence-corrected chi connectivity index (χ1v) is 8.68. The number of nitrogens with one attached hydrogen (secondary N) is 2. The third-order valence-electron chi connectivity index (χ3n) is 4.94. The van der Waals surface area contributed by atoms with Crippen molar-refractivity contribution in [2.24, 2.45) is 11.8 Å². The minimum atomic E-state index is 0.132.